The number of hydrogen-bond acceptors (Lipinski definition) is 9. The summed E-state index contributed by atoms with van der Waals surface area (Å²) in [5.74, 6) is -2.02. The summed E-state index contributed by atoms with van der Waals surface area (Å²) in [7, 11) is -4.12. The van der Waals surface area contributed by atoms with Crippen molar-refractivity contribution in [2.45, 2.75) is 50.2 Å². The fraction of sp³-hybridized carbons (Fsp3) is 0.450. The van der Waals surface area contributed by atoms with Crippen molar-refractivity contribution in [3.63, 3.8) is 0 Å². The van der Waals surface area contributed by atoms with Gasteiger partial charge in [-0.1, -0.05) is 34.6 Å². The van der Waals surface area contributed by atoms with Crippen LogP contribution in [0.1, 0.15) is 37.8 Å². The molecule has 0 aromatic heterocycles. The molecule has 2 unspecified atom stereocenters. The molecule has 1 amide bonds. The van der Waals surface area contributed by atoms with Crippen molar-refractivity contribution in [1.82, 2.24) is 10.0 Å². The van der Waals surface area contributed by atoms with Crippen molar-refractivity contribution in [1.29, 1.82) is 5.41 Å². The van der Waals surface area contributed by atoms with Crippen molar-refractivity contribution >= 4 is 39.2 Å². The lowest BCUT2D eigenvalue weighted by molar-refractivity contribution is -0.139. The van der Waals surface area contributed by atoms with Crippen molar-refractivity contribution in [3.8, 4) is 0 Å². The second-order valence-electron chi connectivity index (χ2n) is 7.99. The van der Waals surface area contributed by atoms with E-state index in [4.69, 9.17) is 20.8 Å². The zero-order valence-corrected chi connectivity index (χ0v) is 19.3. The van der Waals surface area contributed by atoms with Crippen LogP contribution in [-0.4, -0.2) is 72.7 Å². The molecule has 1 aromatic carbocycles. The Morgan fingerprint density at radius 1 is 1.26 bits per heavy atom. The normalized spacial score (nSPS) is 22.7. The van der Waals surface area contributed by atoms with Gasteiger partial charge >= 0.3 is 5.97 Å². The van der Waals surface area contributed by atoms with Gasteiger partial charge in [-0.25, -0.2) is 8.42 Å². The highest BCUT2D eigenvalue weighted by atomic mass is 32.2. The molecule has 14 heteroatoms. The van der Waals surface area contributed by atoms with E-state index >= 15 is 0 Å². The molecule has 1 aromatic rings. The molecular weight excluding hydrogens is 468 g/mol. The number of benzene rings is 1. The molecular formula is C20H26N6O7S. The van der Waals surface area contributed by atoms with Crippen LogP contribution >= 0.6 is 0 Å². The van der Waals surface area contributed by atoms with Gasteiger partial charge < -0.3 is 25.8 Å². The van der Waals surface area contributed by atoms with E-state index in [1.165, 1.54) is 13.8 Å². The van der Waals surface area contributed by atoms with E-state index in [9.17, 15) is 23.1 Å². The monoisotopic (exact) mass is 494 g/mol. The Kier molecular flexibility index (Phi) is 7.51. The number of carbonyl (C=O) groups is 2. The molecule has 2 aliphatic rings. The molecule has 184 valence electrons. The Morgan fingerprint density at radius 2 is 1.94 bits per heavy atom. The van der Waals surface area contributed by atoms with Crippen LogP contribution in [0.15, 0.2) is 34.6 Å². The molecule has 0 bridgehead atoms. The van der Waals surface area contributed by atoms with Gasteiger partial charge in [0.25, 0.3) is 0 Å². The number of hydrogen-bond donors (Lipinski definition) is 5. The zero-order valence-electron chi connectivity index (χ0n) is 18.5. The first-order valence-corrected chi connectivity index (χ1v) is 11.9. The molecule has 2 heterocycles. The van der Waals surface area contributed by atoms with Crippen LogP contribution in [0.5, 0.6) is 0 Å². The molecule has 34 heavy (non-hydrogen) atoms. The minimum Gasteiger partial charge on any atom is -0.480 e. The largest absolute Gasteiger partial charge is 0.480 e. The molecule has 4 atom stereocenters. The molecule has 0 saturated carbocycles. The number of nitrogens with zero attached hydrogens (tertiary/aromatic N) is 2. The van der Waals surface area contributed by atoms with Crippen molar-refractivity contribution < 1.29 is 32.8 Å². The van der Waals surface area contributed by atoms with Crippen LogP contribution in [-0.2, 0) is 29.3 Å². The maximum Gasteiger partial charge on any atom is 0.323 e. The molecule has 0 aliphatic carbocycles. The van der Waals surface area contributed by atoms with E-state index in [0.29, 0.717) is 17.7 Å². The Hall–Kier alpha value is -3.52. The van der Waals surface area contributed by atoms with Gasteiger partial charge in [-0.05, 0) is 19.4 Å². The summed E-state index contributed by atoms with van der Waals surface area (Å²) in [6, 6.07) is 5.27. The minimum absolute atomic E-state index is 0.0537. The number of nitrogens with two attached hydrogens (primary N) is 1. The summed E-state index contributed by atoms with van der Waals surface area (Å²) in [6.07, 6.45) is -1.08. The second-order valence-corrected chi connectivity index (χ2v) is 9.82. The number of carboxylic acid groups (broad SMARTS) is 1. The molecule has 13 nitrogen and oxygen atoms in total. The fourth-order valence-corrected chi connectivity index (χ4v) is 5.36. The number of carboxylic acids is 1. The minimum atomic E-state index is -4.12. The second kappa shape index (κ2) is 10.2. The Morgan fingerprint density at radius 3 is 2.50 bits per heavy atom. The highest BCUT2D eigenvalue weighted by Gasteiger charge is 2.41. The molecule has 2 aliphatic heterocycles. The van der Waals surface area contributed by atoms with Gasteiger partial charge in [0.05, 0.1) is 17.8 Å². The molecule has 0 fully saturated rings. The third-order valence-electron chi connectivity index (χ3n) is 5.32. The molecule has 0 saturated heterocycles. The van der Waals surface area contributed by atoms with Gasteiger partial charge in [0, 0.05) is 18.5 Å². The van der Waals surface area contributed by atoms with Crippen molar-refractivity contribution in [2.75, 3.05) is 6.54 Å². The number of oxime groups is 2. The van der Waals surface area contributed by atoms with Gasteiger partial charge in [-0.3, -0.25) is 15.0 Å². The number of nitrogen functional groups attached to an aromatic ring is 1. The summed E-state index contributed by atoms with van der Waals surface area (Å²) in [5.41, 5.74) is 7.60. The predicted octanol–water partition coefficient (Wildman–Crippen LogP) is -0.494. The average molecular weight is 495 g/mol. The Labute approximate surface area is 195 Å². The first-order chi connectivity index (χ1) is 16.0. The SMILES string of the molecule is CC1=NOC(C)C1S(=O)(=O)N[C@@H](CNC(=O)C[C@H]1CC(c2ccc(C(=N)N)cc2)=NO1)C(=O)O. The first-order valence-electron chi connectivity index (χ1n) is 10.4. The Balaban J connectivity index is 1.51. The van der Waals surface area contributed by atoms with E-state index in [-0.39, 0.29) is 18.0 Å². The third-order valence-corrected chi connectivity index (χ3v) is 7.32. The number of sulfonamides is 1. The number of aliphatic carboxylic acids is 1. The van der Waals surface area contributed by atoms with Gasteiger partial charge in [-0.2, -0.15) is 4.72 Å². The summed E-state index contributed by atoms with van der Waals surface area (Å²) in [6.45, 7) is 2.52. The van der Waals surface area contributed by atoms with Gasteiger partial charge in [-0.15, -0.1) is 0 Å². The topological polar surface area (TPSA) is 206 Å². The van der Waals surface area contributed by atoms with E-state index in [2.05, 4.69) is 20.4 Å². The number of nitrogens with one attached hydrogen (secondary N) is 3. The molecule has 0 spiro atoms. The first kappa shape index (κ1) is 25.1. The van der Waals surface area contributed by atoms with Crippen molar-refractivity contribution in [2.24, 2.45) is 16.0 Å². The van der Waals surface area contributed by atoms with E-state index in [0.717, 1.165) is 5.56 Å². The van der Waals surface area contributed by atoms with Gasteiger partial charge in [0.2, 0.25) is 15.9 Å². The summed E-state index contributed by atoms with van der Waals surface area (Å²) >= 11 is 0. The lowest BCUT2D eigenvalue weighted by atomic mass is 10.0. The van der Waals surface area contributed by atoms with Crippen LogP contribution in [0.25, 0.3) is 0 Å². The number of carbonyl (C=O) groups excluding carboxylic acids is 1. The fourth-order valence-electron chi connectivity index (χ4n) is 3.59. The molecule has 3 rings (SSSR count). The van der Waals surface area contributed by atoms with Crippen LogP contribution in [0, 0.1) is 5.41 Å². The van der Waals surface area contributed by atoms with Crippen LogP contribution in [0.3, 0.4) is 0 Å². The highest BCUT2D eigenvalue weighted by Crippen LogP contribution is 2.20. The van der Waals surface area contributed by atoms with Crippen LogP contribution in [0.4, 0.5) is 0 Å². The zero-order chi connectivity index (χ0) is 25.0. The lowest BCUT2D eigenvalue weighted by Gasteiger charge is -2.20. The smallest absolute Gasteiger partial charge is 0.323 e. The summed E-state index contributed by atoms with van der Waals surface area (Å²) in [5, 5.41) is 25.8. The highest BCUT2D eigenvalue weighted by molar-refractivity contribution is 7.91. The summed E-state index contributed by atoms with van der Waals surface area (Å²) in [4.78, 5) is 34.1. The number of rotatable bonds is 10. The van der Waals surface area contributed by atoms with Gasteiger partial charge in [0.1, 0.15) is 24.1 Å². The van der Waals surface area contributed by atoms with E-state index in [1.54, 1.807) is 24.3 Å². The molecule has 0 radical (unpaired) electrons. The van der Waals surface area contributed by atoms with E-state index < -0.39 is 51.9 Å². The van der Waals surface area contributed by atoms with Crippen LogP contribution in [0.2, 0.25) is 0 Å². The Bertz CT molecular complexity index is 1130. The van der Waals surface area contributed by atoms with Crippen molar-refractivity contribution in [3.05, 3.63) is 35.4 Å². The maximum atomic E-state index is 12.6. The number of amidine groups is 1. The average Bonchev–Trinajstić information content (AvgIpc) is 3.37. The molecule has 6 N–H and O–H groups in total. The summed E-state index contributed by atoms with van der Waals surface area (Å²) < 4.78 is 27.3. The van der Waals surface area contributed by atoms with E-state index in [1.807, 2.05) is 0 Å². The lowest BCUT2D eigenvalue weighted by Crippen LogP contribution is -2.53. The van der Waals surface area contributed by atoms with Crippen LogP contribution < -0.4 is 15.8 Å². The quantitative estimate of drug-likeness (QED) is 0.211. The maximum absolute atomic E-state index is 12.6. The third kappa shape index (κ3) is 5.88. The predicted molar refractivity (Wildman–Crippen MR) is 122 cm³/mol. The van der Waals surface area contributed by atoms with Gasteiger partial charge in [0.15, 0.2) is 5.25 Å². The number of amides is 1. The standard InChI is InChI=1S/C20H26N6O7S/c1-10-18(11(2)32-24-10)34(30,31)26-16(20(28)29)9-23-17(27)8-14-7-15(25-33-14)12-3-5-13(6-4-12)19(21)22/h3-6,11,14,16,18,26H,7-9H2,1-2H3,(H3,21,22)(H,23,27)(H,28,29)/t11?,14-,16+,18?/m1/s1.